The van der Waals surface area contributed by atoms with Gasteiger partial charge < -0.3 is 10.2 Å². The van der Waals surface area contributed by atoms with E-state index < -0.39 is 0 Å². The monoisotopic (exact) mass is 353 g/mol. The topological polar surface area (TPSA) is 28.2 Å². The van der Waals surface area contributed by atoms with Crippen LogP contribution in [0.2, 0.25) is 0 Å². The van der Waals surface area contributed by atoms with Crippen molar-refractivity contribution in [1.29, 1.82) is 0 Å². The molecule has 0 saturated heterocycles. The van der Waals surface area contributed by atoms with Gasteiger partial charge in [-0.15, -0.1) is 11.3 Å². The zero-order chi connectivity index (χ0) is 14.5. The van der Waals surface area contributed by atoms with Gasteiger partial charge in [-0.2, -0.15) is 0 Å². The molecule has 0 aliphatic rings. The SMILES string of the molecule is CCNCc1cc(C)nc(N(C)Cc2cc(Br)cs2)c1. The molecule has 108 valence electrons. The predicted octanol–water partition coefficient (Wildman–Crippen LogP) is 3.96. The van der Waals surface area contributed by atoms with Crippen molar-refractivity contribution < 1.29 is 0 Å². The number of nitrogens with zero attached hydrogens (tertiary/aromatic N) is 2. The van der Waals surface area contributed by atoms with Crippen LogP contribution in [0.25, 0.3) is 0 Å². The molecule has 20 heavy (non-hydrogen) atoms. The third-order valence-electron chi connectivity index (χ3n) is 2.98. The molecule has 0 amide bonds. The van der Waals surface area contributed by atoms with Crippen LogP contribution in [0, 0.1) is 6.92 Å². The van der Waals surface area contributed by atoms with Crippen LogP contribution in [0.3, 0.4) is 0 Å². The Morgan fingerprint density at radius 2 is 2.15 bits per heavy atom. The second kappa shape index (κ2) is 7.20. The van der Waals surface area contributed by atoms with Crippen LogP contribution in [0.4, 0.5) is 5.82 Å². The highest BCUT2D eigenvalue weighted by molar-refractivity contribution is 9.10. The van der Waals surface area contributed by atoms with Gasteiger partial charge in [0.05, 0.1) is 6.54 Å². The molecule has 0 aliphatic carbocycles. The van der Waals surface area contributed by atoms with Crippen molar-refractivity contribution in [2.75, 3.05) is 18.5 Å². The first-order chi connectivity index (χ1) is 9.58. The lowest BCUT2D eigenvalue weighted by Crippen LogP contribution is -2.18. The summed E-state index contributed by atoms with van der Waals surface area (Å²) in [7, 11) is 2.09. The Morgan fingerprint density at radius 3 is 2.80 bits per heavy atom. The summed E-state index contributed by atoms with van der Waals surface area (Å²) in [5.41, 5.74) is 2.35. The van der Waals surface area contributed by atoms with E-state index in [0.717, 1.165) is 35.6 Å². The molecule has 2 heterocycles. The first kappa shape index (κ1) is 15.5. The summed E-state index contributed by atoms with van der Waals surface area (Å²) in [6.45, 7) is 6.93. The first-order valence-corrected chi connectivity index (χ1v) is 8.38. The van der Waals surface area contributed by atoms with Gasteiger partial charge in [-0.3, -0.25) is 0 Å². The Labute approximate surface area is 133 Å². The fourth-order valence-corrected chi connectivity index (χ4v) is 3.54. The van der Waals surface area contributed by atoms with Crippen molar-refractivity contribution >= 4 is 33.1 Å². The quantitative estimate of drug-likeness (QED) is 0.851. The molecule has 0 aliphatic heterocycles. The number of anilines is 1. The lowest BCUT2D eigenvalue weighted by molar-refractivity contribution is 0.724. The lowest BCUT2D eigenvalue weighted by atomic mass is 10.2. The summed E-state index contributed by atoms with van der Waals surface area (Å²) in [5.74, 6) is 1.03. The van der Waals surface area contributed by atoms with Crippen molar-refractivity contribution in [3.8, 4) is 0 Å². The van der Waals surface area contributed by atoms with Gasteiger partial charge >= 0.3 is 0 Å². The lowest BCUT2D eigenvalue weighted by Gasteiger charge is -2.19. The molecule has 0 saturated carbocycles. The van der Waals surface area contributed by atoms with E-state index in [9.17, 15) is 0 Å². The van der Waals surface area contributed by atoms with Crippen molar-refractivity contribution in [3.63, 3.8) is 0 Å². The summed E-state index contributed by atoms with van der Waals surface area (Å²) in [5, 5.41) is 5.48. The molecule has 0 radical (unpaired) electrons. The molecular weight excluding hydrogens is 334 g/mol. The van der Waals surface area contributed by atoms with Crippen LogP contribution >= 0.6 is 27.3 Å². The molecule has 0 unspecified atom stereocenters. The molecule has 2 rings (SSSR count). The van der Waals surface area contributed by atoms with Gasteiger partial charge in [0.2, 0.25) is 0 Å². The van der Waals surface area contributed by atoms with Crippen molar-refractivity contribution in [1.82, 2.24) is 10.3 Å². The number of pyridine rings is 1. The fourth-order valence-electron chi connectivity index (χ4n) is 2.04. The summed E-state index contributed by atoms with van der Waals surface area (Å²) in [4.78, 5) is 8.16. The van der Waals surface area contributed by atoms with Crippen LogP contribution in [-0.4, -0.2) is 18.6 Å². The predicted molar refractivity (Wildman–Crippen MR) is 90.5 cm³/mol. The maximum atomic E-state index is 4.64. The average molecular weight is 354 g/mol. The Hall–Kier alpha value is -0.910. The number of nitrogens with one attached hydrogen (secondary N) is 1. The van der Waals surface area contributed by atoms with Gasteiger partial charge in [-0.25, -0.2) is 4.98 Å². The summed E-state index contributed by atoms with van der Waals surface area (Å²) >= 11 is 5.26. The highest BCUT2D eigenvalue weighted by Crippen LogP contribution is 2.23. The Balaban J connectivity index is 2.12. The summed E-state index contributed by atoms with van der Waals surface area (Å²) in [6, 6.07) is 6.47. The van der Waals surface area contributed by atoms with Crippen LogP contribution in [0.5, 0.6) is 0 Å². The van der Waals surface area contributed by atoms with E-state index in [2.05, 4.69) is 75.6 Å². The zero-order valence-electron chi connectivity index (χ0n) is 12.1. The zero-order valence-corrected chi connectivity index (χ0v) is 14.5. The standard InChI is InChI=1S/C15H20BrN3S/c1-4-17-8-12-5-11(2)18-15(6-12)19(3)9-14-7-13(16)10-20-14/h5-7,10,17H,4,8-9H2,1-3H3. The highest BCUT2D eigenvalue weighted by atomic mass is 79.9. The second-order valence-electron chi connectivity index (χ2n) is 4.84. The van der Waals surface area contributed by atoms with Gasteiger partial charge in [0.1, 0.15) is 5.82 Å². The average Bonchev–Trinajstić information content (AvgIpc) is 2.81. The fraction of sp³-hybridized carbons (Fsp3) is 0.400. The third kappa shape index (κ3) is 4.30. The van der Waals surface area contributed by atoms with Gasteiger partial charge in [0.25, 0.3) is 0 Å². The van der Waals surface area contributed by atoms with E-state index in [4.69, 9.17) is 0 Å². The molecule has 3 nitrogen and oxygen atoms in total. The van der Waals surface area contributed by atoms with Gasteiger partial charge in [-0.05, 0) is 53.2 Å². The minimum absolute atomic E-state index is 0.882. The van der Waals surface area contributed by atoms with Crippen LogP contribution in [0.15, 0.2) is 28.1 Å². The molecule has 0 aromatic carbocycles. The van der Waals surface area contributed by atoms with E-state index in [1.807, 2.05) is 0 Å². The highest BCUT2D eigenvalue weighted by Gasteiger charge is 2.07. The first-order valence-electron chi connectivity index (χ1n) is 6.71. The smallest absolute Gasteiger partial charge is 0.129 e. The Morgan fingerprint density at radius 1 is 1.35 bits per heavy atom. The molecular formula is C15H20BrN3S. The second-order valence-corrected chi connectivity index (χ2v) is 6.75. The van der Waals surface area contributed by atoms with Gasteiger partial charge in [0.15, 0.2) is 0 Å². The molecule has 0 spiro atoms. The van der Waals surface area contributed by atoms with Crippen LogP contribution < -0.4 is 10.2 Å². The minimum Gasteiger partial charge on any atom is -0.355 e. The molecule has 1 N–H and O–H groups in total. The largest absolute Gasteiger partial charge is 0.355 e. The number of thiophene rings is 1. The van der Waals surface area contributed by atoms with Gasteiger partial charge in [-0.1, -0.05) is 6.92 Å². The number of hydrogen-bond donors (Lipinski definition) is 1. The van der Waals surface area contributed by atoms with E-state index in [1.165, 1.54) is 10.4 Å². The maximum absolute atomic E-state index is 4.64. The molecule has 2 aromatic heterocycles. The normalized spacial score (nSPS) is 10.8. The van der Waals surface area contributed by atoms with E-state index in [-0.39, 0.29) is 0 Å². The number of aromatic nitrogens is 1. The van der Waals surface area contributed by atoms with Crippen molar-refractivity contribution in [3.05, 3.63) is 44.2 Å². The molecule has 0 fully saturated rings. The van der Waals surface area contributed by atoms with Crippen LogP contribution in [0.1, 0.15) is 23.1 Å². The van der Waals surface area contributed by atoms with Crippen molar-refractivity contribution in [2.24, 2.45) is 0 Å². The Kier molecular flexibility index (Phi) is 5.57. The molecule has 0 atom stereocenters. The molecule has 0 bridgehead atoms. The molecule has 5 heteroatoms. The summed E-state index contributed by atoms with van der Waals surface area (Å²) in [6.07, 6.45) is 0. The summed E-state index contributed by atoms with van der Waals surface area (Å²) < 4.78 is 1.15. The molecule has 2 aromatic rings. The van der Waals surface area contributed by atoms with E-state index in [0.29, 0.717) is 0 Å². The van der Waals surface area contributed by atoms with Crippen molar-refractivity contribution in [2.45, 2.75) is 26.9 Å². The van der Waals surface area contributed by atoms with Gasteiger partial charge in [0, 0.05) is 34.0 Å². The van der Waals surface area contributed by atoms with E-state index >= 15 is 0 Å². The Bertz CT molecular complexity index is 568. The minimum atomic E-state index is 0.882. The third-order valence-corrected chi connectivity index (χ3v) is 4.67. The number of hydrogen-bond acceptors (Lipinski definition) is 4. The number of rotatable bonds is 6. The number of aryl methyl sites for hydroxylation is 1. The van der Waals surface area contributed by atoms with E-state index in [1.54, 1.807) is 11.3 Å². The maximum Gasteiger partial charge on any atom is 0.129 e. The van der Waals surface area contributed by atoms with Crippen LogP contribution in [-0.2, 0) is 13.1 Å². The number of halogens is 1.